The highest BCUT2D eigenvalue weighted by molar-refractivity contribution is 5.61. The van der Waals surface area contributed by atoms with E-state index >= 15 is 0 Å². The predicted molar refractivity (Wildman–Crippen MR) is 122 cm³/mol. The summed E-state index contributed by atoms with van der Waals surface area (Å²) in [4.78, 5) is 45.7. The van der Waals surface area contributed by atoms with Crippen molar-refractivity contribution in [1.29, 1.82) is 0 Å². The van der Waals surface area contributed by atoms with E-state index in [4.69, 9.17) is 23.7 Å². The first kappa shape index (κ1) is 34.0. The van der Waals surface area contributed by atoms with Gasteiger partial charge >= 0.3 is 24.6 Å². The van der Waals surface area contributed by atoms with E-state index in [1.807, 2.05) is 0 Å². The van der Waals surface area contributed by atoms with Crippen LogP contribution < -0.4 is 0 Å². The van der Waals surface area contributed by atoms with Crippen molar-refractivity contribution in [1.82, 2.24) is 0 Å². The lowest BCUT2D eigenvalue weighted by atomic mass is 10.3. The highest BCUT2D eigenvalue weighted by Gasteiger charge is 2.15. The van der Waals surface area contributed by atoms with E-state index in [1.54, 1.807) is 27.7 Å². The fourth-order valence-electron chi connectivity index (χ4n) is 2.01. The summed E-state index contributed by atoms with van der Waals surface area (Å²) in [7, 11) is 0. The summed E-state index contributed by atoms with van der Waals surface area (Å²) in [6, 6.07) is 0. The van der Waals surface area contributed by atoms with Crippen LogP contribution in [0.3, 0.4) is 0 Å². The van der Waals surface area contributed by atoms with Gasteiger partial charge in [-0.1, -0.05) is 13.8 Å². The van der Waals surface area contributed by atoms with Crippen LogP contribution in [0.5, 0.6) is 0 Å². The van der Waals surface area contributed by atoms with Gasteiger partial charge in [0, 0.05) is 0 Å². The molecule has 15 nitrogen and oxygen atoms in total. The number of hydrogen-bond donors (Lipinski definition) is 2. The monoisotopic (exact) mass is 542 g/mol. The molecule has 0 fully saturated rings. The zero-order chi connectivity index (χ0) is 28.1. The molecular weight excluding hydrogens is 504 g/mol. The molecule has 0 saturated carbocycles. The summed E-state index contributed by atoms with van der Waals surface area (Å²) in [5.74, 6) is 0. The van der Waals surface area contributed by atoms with Gasteiger partial charge in [0.05, 0.1) is 25.4 Å². The van der Waals surface area contributed by atoms with Gasteiger partial charge in [0.1, 0.15) is 51.8 Å². The van der Waals surface area contributed by atoms with Gasteiger partial charge < -0.3 is 52.8 Å². The van der Waals surface area contributed by atoms with Crippen LogP contribution in [-0.4, -0.2) is 112 Å². The molecule has 4 atom stereocenters. The Bertz CT molecular complexity index is 602. The smallest absolute Gasteiger partial charge is 0.432 e. The lowest BCUT2D eigenvalue weighted by Gasteiger charge is -2.16. The van der Waals surface area contributed by atoms with Crippen LogP contribution in [0.1, 0.15) is 40.5 Å². The van der Waals surface area contributed by atoms with Crippen LogP contribution in [0.4, 0.5) is 19.2 Å². The highest BCUT2D eigenvalue weighted by atomic mass is 16.8. The van der Waals surface area contributed by atoms with Crippen molar-refractivity contribution in [3.8, 4) is 0 Å². The Labute approximate surface area is 215 Å². The molecular formula is C22H38O15. The van der Waals surface area contributed by atoms with Gasteiger partial charge in [-0.25, -0.2) is 19.2 Å². The lowest BCUT2D eigenvalue weighted by molar-refractivity contribution is -0.0450. The Balaban J connectivity index is 3.79. The van der Waals surface area contributed by atoms with Gasteiger partial charge in [-0.2, -0.15) is 0 Å². The predicted octanol–water partition coefficient (Wildman–Crippen LogP) is 1.93. The summed E-state index contributed by atoms with van der Waals surface area (Å²) in [6.45, 7) is 5.05. The first-order chi connectivity index (χ1) is 17.6. The van der Waals surface area contributed by atoms with Gasteiger partial charge in [-0.3, -0.25) is 0 Å². The molecule has 37 heavy (non-hydrogen) atoms. The molecule has 0 rings (SSSR count). The number of ether oxygens (including phenoxy) is 9. The number of rotatable bonds is 18. The van der Waals surface area contributed by atoms with Crippen molar-refractivity contribution >= 4 is 24.6 Å². The minimum Gasteiger partial charge on any atom is -0.432 e. The lowest BCUT2D eigenvalue weighted by Crippen LogP contribution is -2.26. The molecule has 0 aromatic rings. The summed E-state index contributed by atoms with van der Waals surface area (Å²) in [5.41, 5.74) is 0. The molecule has 0 heterocycles. The average molecular weight is 543 g/mol. The Morgan fingerprint density at radius 2 is 0.865 bits per heavy atom. The molecule has 216 valence electrons. The second-order valence-corrected chi connectivity index (χ2v) is 7.53. The summed E-state index contributed by atoms with van der Waals surface area (Å²) in [6.07, 6.45) is -6.09. The maximum Gasteiger partial charge on any atom is 0.508 e. The molecule has 0 bridgehead atoms. The number of aliphatic hydroxyl groups is 2. The van der Waals surface area contributed by atoms with E-state index in [1.165, 1.54) is 0 Å². The SMILES string of the molecule is CCC(O)COC(=O)OCCOC(=O)OC(C)COCC(C)OC(=O)OCCOC(=O)OCC(O)CC. The molecule has 0 aromatic carbocycles. The Kier molecular flexibility index (Phi) is 19.4. The van der Waals surface area contributed by atoms with E-state index in [2.05, 4.69) is 18.9 Å². The van der Waals surface area contributed by atoms with Crippen LogP contribution in [-0.2, 0) is 42.6 Å². The molecule has 0 aliphatic carbocycles. The number of carbonyl (C=O) groups excluding carboxylic acids is 4. The molecule has 0 amide bonds. The molecule has 0 radical (unpaired) electrons. The van der Waals surface area contributed by atoms with Gasteiger partial charge in [-0.05, 0) is 26.7 Å². The first-order valence-corrected chi connectivity index (χ1v) is 11.8. The third-order valence-electron chi connectivity index (χ3n) is 4.08. The zero-order valence-electron chi connectivity index (χ0n) is 21.6. The molecule has 0 aromatic heterocycles. The van der Waals surface area contributed by atoms with Crippen LogP contribution >= 0.6 is 0 Å². The summed E-state index contributed by atoms with van der Waals surface area (Å²) < 4.78 is 43.3. The van der Waals surface area contributed by atoms with E-state index in [0.29, 0.717) is 12.8 Å². The van der Waals surface area contributed by atoms with Crippen molar-refractivity contribution in [3.63, 3.8) is 0 Å². The van der Waals surface area contributed by atoms with Crippen molar-refractivity contribution in [3.05, 3.63) is 0 Å². The van der Waals surface area contributed by atoms with Gasteiger partial charge in [0.15, 0.2) is 0 Å². The summed E-state index contributed by atoms with van der Waals surface area (Å²) >= 11 is 0. The number of hydrogen-bond acceptors (Lipinski definition) is 15. The molecule has 0 aliphatic rings. The Morgan fingerprint density at radius 3 is 1.19 bits per heavy atom. The molecule has 2 N–H and O–H groups in total. The normalized spacial score (nSPS) is 13.8. The largest absolute Gasteiger partial charge is 0.508 e. The van der Waals surface area contributed by atoms with Crippen LogP contribution in [0.15, 0.2) is 0 Å². The van der Waals surface area contributed by atoms with Crippen LogP contribution in [0, 0.1) is 0 Å². The third kappa shape index (κ3) is 20.8. The standard InChI is InChI=1S/C22H38O15/c1-5-17(23)13-34-19(25)30-7-9-32-21(27)36-15(3)11-29-12-16(4)37-22(28)33-10-8-31-20(26)35-14-18(24)6-2/h15-18,23-24H,5-14H2,1-4H3. The first-order valence-electron chi connectivity index (χ1n) is 11.8. The highest BCUT2D eigenvalue weighted by Crippen LogP contribution is 2.01. The Hall–Kier alpha value is -3.04. The van der Waals surface area contributed by atoms with Crippen molar-refractivity contribution in [2.45, 2.75) is 65.0 Å². The quantitative estimate of drug-likeness (QED) is 0.145. The maximum atomic E-state index is 11.6. The molecule has 4 unspecified atom stereocenters. The fourth-order valence-corrected chi connectivity index (χ4v) is 2.01. The van der Waals surface area contributed by atoms with E-state index < -0.39 is 49.0 Å². The van der Waals surface area contributed by atoms with Crippen LogP contribution in [0.2, 0.25) is 0 Å². The van der Waals surface area contributed by atoms with Crippen LogP contribution in [0.25, 0.3) is 0 Å². The molecule has 0 spiro atoms. The average Bonchev–Trinajstić information content (AvgIpc) is 2.85. The zero-order valence-corrected chi connectivity index (χ0v) is 21.6. The van der Waals surface area contributed by atoms with Crippen molar-refractivity contribution < 1.29 is 72.0 Å². The minimum atomic E-state index is -1.00. The molecule has 15 heteroatoms. The molecule has 0 aliphatic heterocycles. The molecule has 0 saturated heterocycles. The number of carbonyl (C=O) groups is 4. The van der Waals surface area contributed by atoms with Gasteiger partial charge in [0.2, 0.25) is 0 Å². The topological polar surface area (TPSA) is 192 Å². The maximum absolute atomic E-state index is 11.6. The second kappa shape index (κ2) is 21.1. The minimum absolute atomic E-state index is 0.0247. The second-order valence-electron chi connectivity index (χ2n) is 7.53. The van der Waals surface area contributed by atoms with Gasteiger partial charge in [-0.15, -0.1) is 0 Å². The van der Waals surface area contributed by atoms with Crippen molar-refractivity contribution in [2.75, 3.05) is 52.9 Å². The summed E-state index contributed by atoms with van der Waals surface area (Å²) in [5, 5.41) is 18.5. The van der Waals surface area contributed by atoms with E-state index in [0.717, 1.165) is 0 Å². The van der Waals surface area contributed by atoms with Gasteiger partial charge in [0.25, 0.3) is 0 Å². The number of aliphatic hydroxyl groups excluding tert-OH is 2. The third-order valence-corrected chi connectivity index (χ3v) is 4.08. The fraction of sp³-hybridized carbons (Fsp3) is 0.818. The van der Waals surface area contributed by atoms with Crippen molar-refractivity contribution in [2.24, 2.45) is 0 Å². The van der Waals surface area contributed by atoms with E-state index in [-0.39, 0.29) is 52.9 Å². The Morgan fingerprint density at radius 1 is 0.541 bits per heavy atom. The van der Waals surface area contributed by atoms with E-state index in [9.17, 15) is 29.4 Å².